The molecule has 0 saturated heterocycles. The number of halogens is 1. The van der Waals surface area contributed by atoms with Gasteiger partial charge in [-0.3, -0.25) is 9.98 Å². The summed E-state index contributed by atoms with van der Waals surface area (Å²) in [6.45, 7) is 1.66. The van der Waals surface area contributed by atoms with Gasteiger partial charge in [0.05, 0.1) is 0 Å². The Morgan fingerprint density at radius 2 is 2.29 bits per heavy atom. The second-order valence-electron chi connectivity index (χ2n) is 3.93. The Labute approximate surface area is 107 Å². The second kappa shape index (κ2) is 4.00. The molecule has 1 aromatic heterocycles. The van der Waals surface area contributed by atoms with Gasteiger partial charge in [0.15, 0.2) is 0 Å². The van der Waals surface area contributed by atoms with E-state index in [1.54, 1.807) is 6.20 Å². The maximum atomic E-state index is 8.20. The largest absolute Gasteiger partial charge is 0.354 e. The van der Waals surface area contributed by atoms with Crippen LogP contribution in [0.5, 0.6) is 0 Å². The first kappa shape index (κ1) is 10.5. The average Bonchev–Trinajstić information content (AvgIpc) is 2.78. The Morgan fingerprint density at radius 3 is 3.12 bits per heavy atom. The highest BCUT2D eigenvalue weighted by Crippen LogP contribution is 2.20. The van der Waals surface area contributed by atoms with E-state index in [1.165, 1.54) is 0 Å². The Hall–Kier alpha value is -1.62. The number of anilines is 1. The molecular formula is C12H11BrN4. The van der Waals surface area contributed by atoms with Gasteiger partial charge in [0.1, 0.15) is 5.49 Å². The standard InChI is InChI=1S/C12H11BrN4/c13-9-3-1-2-8(6-9)10-7-16-12-15-4-5-17(12)11(10)14/h1-3,6-7,14H,4-5H2,(H,15,16). The molecule has 2 heterocycles. The van der Waals surface area contributed by atoms with E-state index in [9.17, 15) is 0 Å². The number of aromatic nitrogens is 2. The molecule has 5 heteroatoms. The summed E-state index contributed by atoms with van der Waals surface area (Å²) in [4.78, 5) is 4.34. The molecule has 0 amide bonds. The van der Waals surface area contributed by atoms with Crippen molar-refractivity contribution in [2.24, 2.45) is 0 Å². The van der Waals surface area contributed by atoms with Gasteiger partial charge < -0.3 is 5.32 Å². The Kier molecular flexibility index (Phi) is 2.48. The van der Waals surface area contributed by atoms with Crippen LogP contribution in [0.1, 0.15) is 0 Å². The predicted octanol–water partition coefficient (Wildman–Crippen LogP) is 2.22. The molecule has 86 valence electrons. The molecular weight excluding hydrogens is 280 g/mol. The third kappa shape index (κ3) is 1.76. The molecule has 0 radical (unpaired) electrons. The van der Waals surface area contributed by atoms with E-state index in [4.69, 9.17) is 5.41 Å². The highest BCUT2D eigenvalue weighted by molar-refractivity contribution is 9.10. The van der Waals surface area contributed by atoms with Gasteiger partial charge in [-0.2, -0.15) is 0 Å². The van der Waals surface area contributed by atoms with Crippen LogP contribution in [0.2, 0.25) is 0 Å². The zero-order chi connectivity index (χ0) is 11.8. The molecule has 4 nitrogen and oxygen atoms in total. The van der Waals surface area contributed by atoms with Crippen LogP contribution in [-0.2, 0) is 6.54 Å². The minimum Gasteiger partial charge on any atom is -0.354 e. The summed E-state index contributed by atoms with van der Waals surface area (Å²) in [6, 6.07) is 7.94. The van der Waals surface area contributed by atoms with Crippen molar-refractivity contribution >= 4 is 21.9 Å². The van der Waals surface area contributed by atoms with Crippen molar-refractivity contribution in [3.05, 3.63) is 40.4 Å². The third-order valence-electron chi connectivity index (χ3n) is 2.85. The van der Waals surface area contributed by atoms with Crippen molar-refractivity contribution in [2.45, 2.75) is 6.54 Å². The highest BCUT2D eigenvalue weighted by Gasteiger charge is 2.13. The summed E-state index contributed by atoms with van der Waals surface area (Å²) >= 11 is 3.45. The fraction of sp³-hybridized carbons (Fsp3) is 0.167. The van der Waals surface area contributed by atoms with Crippen LogP contribution >= 0.6 is 15.9 Å². The normalized spacial score (nSPS) is 13.2. The van der Waals surface area contributed by atoms with Crippen LogP contribution in [-0.4, -0.2) is 16.1 Å². The average molecular weight is 291 g/mol. The number of nitrogens with one attached hydrogen (secondary N) is 2. The van der Waals surface area contributed by atoms with Crippen LogP contribution in [0.15, 0.2) is 34.9 Å². The molecule has 2 aromatic rings. The van der Waals surface area contributed by atoms with Gasteiger partial charge in [-0.25, -0.2) is 4.98 Å². The molecule has 1 aliphatic rings. The molecule has 0 bridgehead atoms. The lowest BCUT2D eigenvalue weighted by atomic mass is 10.1. The number of fused-ring (bicyclic) bond motifs is 1. The van der Waals surface area contributed by atoms with E-state index in [1.807, 2.05) is 28.8 Å². The molecule has 0 fully saturated rings. The van der Waals surface area contributed by atoms with Crippen LogP contribution < -0.4 is 10.8 Å². The molecule has 0 aliphatic carbocycles. The SMILES string of the molecule is N=c1c(-c2cccc(Br)c2)cnc2n1CCN2. The fourth-order valence-corrected chi connectivity index (χ4v) is 2.41. The Balaban J connectivity index is 2.20. The number of rotatable bonds is 1. The van der Waals surface area contributed by atoms with Gasteiger partial charge >= 0.3 is 0 Å². The Bertz CT molecular complexity index is 633. The topological polar surface area (TPSA) is 53.7 Å². The van der Waals surface area contributed by atoms with Crippen molar-refractivity contribution in [3.8, 4) is 11.1 Å². The number of hydrogen-bond acceptors (Lipinski definition) is 3. The van der Waals surface area contributed by atoms with Crippen molar-refractivity contribution in [3.63, 3.8) is 0 Å². The van der Waals surface area contributed by atoms with Crippen molar-refractivity contribution in [1.29, 1.82) is 5.41 Å². The highest BCUT2D eigenvalue weighted by atomic mass is 79.9. The van der Waals surface area contributed by atoms with Crippen LogP contribution in [0.4, 0.5) is 5.95 Å². The van der Waals surface area contributed by atoms with Crippen molar-refractivity contribution in [1.82, 2.24) is 9.55 Å². The van der Waals surface area contributed by atoms with Gasteiger partial charge in [-0.05, 0) is 17.7 Å². The smallest absolute Gasteiger partial charge is 0.204 e. The van der Waals surface area contributed by atoms with Gasteiger partial charge in [0.25, 0.3) is 0 Å². The fourth-order valence-electron chi connectivity index (χ4n) is 2.01. The quantitative estimate of drug-likeness (QED) is 0.846. The second-order valence-corrected chi connectivity index (χ2v) is 4.85. The maximum Gasteiger partial charge on any atom is 0.204 e. The first-order valence-corrected chi connectivity index (χ1v) is 6.19. The van der Waals surface area contributed by atoms with E-state index in [2.05, 4.69) is 26.2 Å². The summed E-state index contributed by atoms with van der Waals surface area (Å²) in [6.07, 6.45) is 1.76. The molecule has 0 spiro atoms. The van der Waals surface area contributed by atoms with Crippen molar-refractivity contribution in [2.75, 3.05) is 11.9 Å². The van der Waals surface area contributed by atoms with Gasteiger partial charge in [-0.1, -0.05) is 28.1 Å². The maximum absolute atomic E-state index is 8.20. The number of benzene rings is 1. The zero-order valence-corrected chi connectivity index (χ0v) is 10.7. The molecule has 2 N–H and O–H groups in total. The molecule has 1 aromatic carbocycles. The summed E-state index contributed by atoms with van der Waals surface area (Å²) in [5.74, 6) is 0.786. The van der Waals surface area contributed by atoms with Crippen molar-refractivity contribution < 1.29 is 0 Å². The molecule has 0 saturated carbocycles. The minimum absolute atomic E-state index is 0.512. The summed E-state index contributed by atoms with van der Waals surface area (Å²) in [5.41, 5.74) is 2.39. The predicted molar refractivity (Wildman–Crippen MR) is 69.7 cm³/mol. The van der Waals surface area contributed by atoms with Crippen LogP contribution in [0.25, 0.3) is 11.1 Å². The molecule has 1 aliphatic heterocycles. The van der Waals surface area contributed by atoms with Crippen LogP contribution in [0, 0.1) is 5.41 Å². The van der Waals surface area contributed by atoms with Gasteiger partial charge in [0, 0.05) is 29.3 Å². The summed E-state index contributed by atoms with van der Waals surface area (Å²) in [7, 11) is 0. The summed E-state index contributed by atoms with van der Waals surface area (Å²) < 4.78 is 2.91. The van der Waals surface area contributed by atoms with Gasteiger partial charge in [0.2, 0.25) is 5.95 Å². The third-order valence-corrected chi connectivity index (χ3v) is 3.34. The lowest BCUT2D eigenvalue weighted by Crippen LogP contribution is -2.20. The lowest BCUT2D eigenvalue weighted by Gasteiger charge is -2.07. The monoisotopic (exact) mass is 290 g/mol. The zero-order valence-electron chi connectivity index (χ0n) is 9.07. The summed E-state index contributed by atoms with van der Waals surface area (Å²) in [5, 5.41) is 11.4. The van der Waals surface area contributed by atoms with E-state index in [0.29, 0.717) is 5.49 Å². The van der Waals surface area contributed by atoms with E-state index in [-0.39, 0.29) is 0 Å². The Morgan fingerprint density at radius 1 is 1.41 bits per heavy atom. The van der Waals surface area contributed by atoms with Crippen LogP contribution in [0.3, 0.4) is 0 Å². The first-order valence-electron chi connectivity index (χ1n) is 5.40. The lowest BCUT2D eigenvalue weighted by molar-refractivity contribution is 0.737. The molecule has 0 atom stereocenters. The number of nitrogens with zero attached hydrogens (tertiary/aromatic N) is 2. The molecule has 17 heavy (non-hydrogen) atoms. The first-order chi connectivity index (χ1) is 8.25. The molecule has 0 unspecified atom stereocenters. The molecule has 3 rings (SSSR count). The van der Waals surface area contributed by atoms with E-state index in [0.717, 1.165) is 34.6 Å². The number of hydrogen-bond donors (Lipinski definition) is 2. The van der Waals surface area contributed by atoms with E-state index < -0.39 is 0 Å². The van der Waals surface area contributed by atoms with Gasteiger partial charge in [-0.15, -0.1) is 0 Å². The minimum atomic E-state index is 0.512. The van der Waals surface area contributed by atoms with E-state index >= 15 is 0 Å².